The third-order valence-electron chi connectivity index (χ3n) is 3.47. The lowest BCUT2D eigenvalue weighted by Gasteiger charge is -2.06. The van der Waals surface area contributed by atoms with Crippen molar-refractivity contribution in [1.82, 2.24) is 4.40 Å². The van der Waals surface area contributed by atoms with Crippen LogP contribution >= 0.6 is 0 Å². The molecular formula is C17H12FN3O2. The zero-order chi connectivity index (χ0) is 16.4. The number of hydrogen-bond acceptors (Lipinski definition) is 4. The van der Waals surface area contributed by atoms with E-state index in [1.54, 1.807) is 16.8 Å². The van der Waals surface area contributed by atoms with E-state index in [-0.39, 0.29) is 17.9 Å². The number of nitrogens with zero attached hydrogens (tertiary/aromatic N) is 2. The number of halogens is 1. The van der Waals surface area contributed by atoms with E-state index in [4.69, 9.17) is 10.5 Å². The molecule has 3 rings (SSSR count). The van der Waals surface area contributed by atoms with Crippen molar-refractivity contribution >= 4 is 17.2 Å². The lowest BCUT2D eigenvalue weighted by Crippen LogP contribution is -2.08. The Morgan fingerprint density at radius 2 is 2.17 bits per heavy atom. The molecule has 0 spiro atoms. The first-order valence-electron chi connectivity index (χ1n) is 6.81. The number of fused-ring (bicyclic) bond motifs is 1. The zero-order valence-corrected chi connectivity index (χ0v) is 12.0. The largest absolute Gasteiger partial charge is 0.457 e. The second-order valence-electron chi connectivity index (χ2n) is 4.94. The van der Waals surface area contributed by atoms with Gasteiger partial charge in [-0.05, 0) is 30.3 Å². The van der Waals surface area contributed by atoms with Crippen LogP contribution in [-0.2, 0) is 11.3 Å². The quantitative estimate of drug-likeness (QED) is 0.596. The first kappa shape index (κ1) is 14.6. The molecule has 0 aliphatic carbocycles. The second kappa shape index (κ2) is 5.81. The predicted molar refractivity (Wildman–Crippen MR) is 82.0 cm³/mol. The van der Waals surface area contributed by atoms with E-state index >= 15 is 0 Å². The zero-order valence-electron chi connectivity index (χ0n) is 12.0. The average molecular weight is 309 g/mol. The molecule has 0 aliphatic heterocycles. The summed E-state index contributed by atoms with van der Waals surface area (Å²) >= 11 is 0. The van der Waals surface area contributed by atoms with E-state index in [9.17, 15) is 14.4 Å². The maximum atomic E-state index is 13.0. The van der Waals surface area contributed by atoms with Crippen LogP contribution in [0.1, 0.15) is 21.5 Å². The summed E-state index contributed by atoms with van der Waals surface area (Å²) < 4.78 is 20.0. The van der Waals surface area contributed by atoms with Crippen LogP contribution in [0.2, 0.25) is 0 Å². The van der Waals surface area contributed by atoms with Crippen LogP contribution in [-0.4, -0.2) is 10.4 Å². The van der Waals surface area contributed by atoms with Gasteiger partial charge in [0.15, 0.2) is 0 Å². The summed E-state index contributed by atoms with van der Waals surface area (Å²) in [6.45, 7) is -0.0692. The van der Waals surface area contributed by atoms with Crippen molar-refractivity contribution in [2.24, 2.45) is 0 Å². The topological polar surface area (TPSA) is 80.5 Å². The maximum Gasteiger partial charge on any atom is 0.340 e. The number of nitrogens with two attached hydrogens (primary N) is 1. The number of nitrogen functional groups attached to an aromatic ring is 1. The van der Waals surface area contributed by atoms with Crippen LogP contribution < -0.4 is 5.73 Å². The summed E-state index contributed by atoms with van der Waals surface area (Å²) in [6, 6.07) is 11.1. The van der Waals surface area contributed by atoms with E-state index in [1.165, 1.54) is 6.07 Å². The minimum absolute atomic E-state index is 0.0116. The van der Waals surface area contributed by atoms with Crippen molar-refractivity contribution in [2.45, 2.75) is 6.61 Å². The Hall–Kier alpha value is -3.33. The van der Waals surface area contributed by atoms with Gasteiger partial charge in [-0.15, -0.1) is 0 Å². The van der Waals surface area contributed by atoms with Gasteiger partial charge in [0.2, 0.25) is 0 Å². The Labute approximate surface area is 131 Å². The number of aromatic nitrogens is 1. The van der Waals surface area contributed by atoms with E-state index < -0.39 is 11.8 Å². The van der Waals surface area contributed by atoms with Gasteiger partial charge in [0.25, 0.3) is 0 Å². The van der Waals surface area contributed by atoms with Crippen molar-refractivity contribution in [3.05, 3.63) is 71.3 Å². The van der Waals surface area contributed by atoms with Crippen molar-refractivity contribution in [3.8, 4) is 6.07 Å². The molecule has 1 aromatic carbocycles. The predicted octanol–water partition coefficient (Wildman–Crippen LogP) is 2.89. The number of benzene rings is 1. The van der Waals surface area contributed by atoms with Crippen molar-refractivity contribution in [2.75, 3.05) is 5.73 Å². The summed E-state index contributed by atoms with van der Waals surface area (Å²) in [5, 5.41) is 9.30. The van der Waals surface area contributed by atoms with Crippen LogP contribution in [0.5, 0.6) is 0 Å². The normalized spacial score (nSPS) is 10.4. The second-order valence-corrected chi connectivity index (χ2v) is 4.94. The lowest BCUT2D eigenvalue weighted by atomic mass is 10.1. The number of carbonyl (C=O) groups excluding carboxylic acids is 1. The number of carbonyl (C=O) groups is 1. The fraction of sp³-hybridized carbons (Fsp3) is 0.0588. The highest BCUT2D eigenvalue weighted by atomic mass is 19.1. The number of anilines is 1. The van der Waals surface area contributed by atoms with E-state index in [0.717, 1.165) is 17.6 Å². The molecule has 114 valence electrons. The average Bonchev–Trinajstić information content (AvgIpc) is 2.90. The molecule has 0 aliphatic rings. The van der Waals surface area contributed by atoms with Crippen LogP contribution in [0.25, 0.3) is 5.52 Å². The third-order valence-corrected chi connectivity index (χ3v) is 3.47. The molecule has 2 aromatic heterocycles. The SMILES string of the molecule is N#Cc1c(COC(=O)c2ccc(F)cc2N)cn2ccccc12. The molecule has 0 fully saturated rings. The van der Waals surface area contributed by atoms with Crippen LogP contribution in [0, 0.1) is 17.1 Å². The number of rotatable bonds is 3. The Kier molecular flexibility index (Phi) is 3.69. The molecule has 0 atom stereocenters. The Bertz CT molecular complexity index is 941. The van der Waals surface area contributed by atoms with Crippen LogP contribution in [0.15, 0.2) is 48.8 Å². The Morgan fingerprint density at radius 3 is 2.91 bits per heavy atom. The Balaban J connectivity index is 1.83. The van der Waals surface area contributed by atoms with Gasteiger partial charge in [0, 0.05) is 23.6 Å². The number of pyridine rings is 1. The van der Waals surface area contributed by atoms with Crippen molar-refractivity contribution in [3.63, 3.8) is 0 Å². The smallest absolute Gasteiger partial charge is 0.340 e. The van der Waals surface area contributed by atoms with E-state index in [1.807, 2.05) is 18.2 Å². The Morgan fingerprint density at radius 1 is 1.35 bits per heavy atom. The van der Waals surface area contributed by atoms with Crippen molar-refractivity contribution < 1.29 is 13.9 Å². The number of nitriles is 1. The van der Waals surface area contributed by atoms with Gasteiger partial charge < -0.3 is 14.9 Å². The molecule has 2 heterocycles. The first-order valence-corrected chi connectivity index (χ1v) is 6.81. The van der Waals surface area contributed by atoms with Gasteiger partial charge in [-0.3, -0.25) is 0 Å². The van der Waals surface area contributed by atoms with Crippen LogP contribution in [0.3, 0.4) is 0 Å². The molecule has 6 heteroatoms. The molecule has 0 unspecified atom stereocenters. The molecule has 0 bridgehead atoms. The molecular weight excluding hydrogens is 297 g/mol. The highest BCUT2D eigenvalue weighted by Crippen LogP contribution is 2.20. The minimum atomic E-state index is -0.665. The number of ether oxygens (including phenoxy) is 1. The summed E-state index contributed by atoms with van der Waals surface area (Å²) in [7, 11) is 0. The molecule has 0 saturated carbocycles. The fourth-order valence-electron chi connectivity index (χ4n) is 2.36. The highest BCUT2D eigenvalue weighted by Gasteiger charge is 2.15. The number of esters is 1. The van der Waals surface area contributed by atoms with Gasteiger partial charge >= 0.3 is 5.97 Å². The summed E-state index contributed by atoms with van der Waals surface area (Å²) in [4.78, 5) is 12.1. The van der Waals surface area contributed by atoms with Gasteiger partial charge in [0.1, 0.15) is 18.5 Å². The molecule has 3 aromatic rings. The van der Waals surface area contributed by atoms with Gasteiger partial charge in [-0.1, -0.05) is 6.07 Å². The molecule has 23 heavy (non-hydrogen) atoms. The molecule has 2 N–H and O–H groups in total. The molecule has 0 radical (unpaired) electrons. The summed E-state index contributed by atoms with van der Waals surface area (Å²) in [6.07, 6.45) is 3.54. The summed E-state index contributed by atoms with van der Waals surface area (Å²) in [5.41, 5.74) is 7.49. The molecule has 0 saturated heterocycles. The van der Waals surface area contributed by atoms with E-state index in [0.29, 0.717) is 11.1 Å². The van der Waals surface area contributed by atoms with Gasteiger partial charge in [0.05, 0.1) is 16.6 Å². The third kappa shape index (κ3) is 2.72. The standard InChI is InChI=1S/C17H12FN3O2/c18-12-4-5-13(15(20)7-12)17(22)23-10-11-9-21-6-2-1-3-16(21)14(11)8-19/h1-7,9H,10,20H2. The molecule has 5 nitrogen and oxygen atoms in total. The molecule has 0 amide bonds. The van der Waals surface area contributed by atoms with Crippen molar-refractivity contribution in [1.29, 1.82) is 5.26 Å². The van der Waals surface area contributed by atoms with Crippen LogP contribution in [0.4, 0.5) is 10.1 Å². The lowest BCUT2D eigenvalue weighted by molar-refractivity contribution is 0.0474. The monoisotopic (exact) mass is 309 g/mol. The van der Waals surface area contributed by atoms with Gasteiger partial charge in [-0.25, -0.2) is 9.18 Å². The van der Waals surface area contributed by atoms with E-state index in [2.05, 4.69) is 6.07 Å². The summed E-state index contributed by atoms with van der Waals surface area (Å²) in [5.74, 6) is -1.19. The number of hydrogen-bond donors (Lipinski definition) is 1. The highest BCUT2D eigenvalue weighted by molar-refractivity contribution is 5.95. The first-order chi connectivity index (χ1) is 11.1. The maximum absolute atomic E-state index is 13.0. The minimum Gasteiger partial charge on any atom is -0.457 e. The fourth-order valence-corrected chi connectivity index (χ4v) is 2.36. The van der Waals surface area contributed by atoms with Gasteiger partial charge in [-0.2, -0.15) is 5.26 Å².